The van der Waals surface area contributed by atoms with Crippen LogP contribution in [0.15, 0.2) is 0 Å². The SMILES string of the molecule is NC(CN1CCC2(CCCC2)CC1)C1CCOC1. The second-order valence-electron chi connectivity index (χ2n) is 6.80. The van der Waals surface area contributed by atoms with Crippen LogP contribution in [0.4, 0.5) is 0 Å². The summed E-state index contributed by atoms with van der Waals surface area (Å²) in [4.78, 5) is 2.60. The van der Waals surface area contributed by atoms with Crippen molar-refractivity contribution in [2.45, 2.75) is 51.0 Å². The van der Waals surface area contributed by atoms with Gasteiger partial charge in [-0.25, -0.2) is 0 Å². The summed E-state index contributed by atoms with van der Waals surface area (Å²) < 4.78 is 5.45. The Morgan fingerprint density at radius 3 is 2.50 bits per heavy atom. The molecule has 0 bridgehead atoms. The Bertz CT molecular complexity index is 260. The summed E-state index contributed by atoms with van der Waals surface area (Å²) in [5.41, 5.74) is 7.07. The Kier molecular flexibility index (Phi) is 3.92. The quantitative estimate of drug-likeness (QED) is 0.835. The van der Waals surface area contributed by atoms with Crippen molar-refractivity contribution in [2.75, 3.05) is 32.8 Å². The minimum Gasteiger partial charge on any atom is -0.381 e. The number of likely N-dealkylation sites (tertiary alicyclic amines) is 1. The molecule has 3 nitrogen and oxygen atoms in total. The van der Waals surface area contributed by atoms with E-state index in [1.807, 2.05) is 0 Å². The first-order chi connectivity index (χ1) is 8.77. The smallest absolute Gasteiger partial charge is 0.0510 e. The number of rotatable bonds is 3. The van der Waals surface area contributed by atoms with Crippen molar-refractivity contribution in [1.29, 1.82) is 0 Å². The fourth-order valence-electron chi connectivity index (χ4n) is 4.17. The van der Waals surface area contributed by atoms with Crippen LogP contribution in [0.25, 0.3) is 0 Å². The maximum atomic E-state index is 6.33. The van der Waals surface area contributed by atoms with Crippen molar-refractivity contribution < 1.29 is 4.74 Å². The molecule has 104 valence electrons. The molecule has 1 aliphatic carbocycles. The van der Waals surface area contributed by atoms with E-state index in [1.54, 1.807) is 0 Å². The fourth-order valence-corrected chi connectivity index (χ4v) is 4.17. The predicted molar refractivity (Wildman–Crippen MR) is 73.5 cm³/mol. The molecule has 2 N–H and O–H groups in total. The van der Waals surface area contributed by atoms with Gasteiger partial charge >= 0.3 is 0 Å². The Balaban J connectivity index is 1.44. The van der Waals surface area contributed by atoms with Crippen LogP contribution in [0.3, 0.4) is 0 Å². The van der Waals surface area contributed by atoms with Gasteiger partial charge < -0.3 is 15.4 Å². The molecule has 2 aliphatic heterocycles. The molecule has 3 fully saturated rings. The van der Waals surface area contributed by atoms with Crippen molar-refractivity contribution in [1.82, 2.24) is 4.90 Å². The number of nitrogens with zero attached hydrogens (tertiary/aromatic N) is 1. The van der Waals surface area contributed by atoms with E-state index in [9.17, 15) is 0 Å². The molecule has 2 atom stereocenters. The lowest BCUT2D eigenvalue weighted by Crippen LogP contribution is -2.47. The molecule has 0 amide bonds. The molecule has 2 unspecified atom stereocenters. The monoisotopic (exact) mass is 252 g/mol. The number of hydrogen-bond acceptors (Lipinski definition) is 3. The number of nitrogens with two attached hydrogens (primary N) is 1. The van der Waals surface area contributed by atoms with E-state index in [0.29, 0.717) is 12.0 Å². The molecular formula is C15H28N2O. The van der Waals surface area contributed by atoms with E-state index < -0.39 is 0 Å². The molecule has 0 aromatic rings. The van der Waals surface area contributed by atoms with E-state index in [2.05, 4.69) is 4.90 Å². The minimum absolute atomic E-state index is 0.324. The third kappa shape index (κ3) is 2.73. The molecule has 18 heavy (non-hydrogen) atoms. The second-order valence-corrected chi connectivity index (χ2v) is 6.80. The Hall–Kier alpha value is -0.120. The molecule has 0 aromatic carbocycles. The van der Waals surface area contributed by atoms with Crippen LogP contribution in [-0.4, -0.2) is 43.8 Å². The lowest BCUT2D eigenvalue weighted by molar-refractivity contribution is 0.0959. The molecule has 3 aliphatic rings. The zero-order chi connectivity index (χ0) is 12.4. The molecule has 0 radical (unpaired) electrons. The van der Waals surface area contributed by atoms with Gasteiger partial charge in [0.15, 0.2) is 0 Å². The first kappa shape index (κ1) is 12.9. The largest absolute Gasteiger partial charge is 0.381 e. The van der Waals surface area contributed by atoms with Crippen molar-refractivity contribution >= 4 is 0 Å². The van der Waals surface area contributed by atoms with Crippen LogP contribution in [0.1, 0.15) is 44.9 Å². The molecule has 1 spiro atoms. The van der Waals surface area contributed by atoms with Crippen molar-refractivity contribution in [3.8, 4) is 0 Å². The van der Waals surface area contributed by atoms with Gasteiger partial charge in [-0.05, 0) is 50.6 Å². The zero-order valence-corrected chi connectivity index (χ0v) is 11.6. The van der Waals surface area contributed by atoms with E-state index >= 15 is 0 Å². The summed E-state index contributed by atoms with van der Waals surface area (Å²) in [7, 11) is 0. The Morgan fingerprint density at radius 1 is 1.17 bits per heavy atom. The summed E-state index contributed by atoms with van der Waals surface area (Å²) >= 11 is 0. The molecule has 2 saturated heterocycles. The van der Waals surface area contributed by atoms with Gasteiger partial charge in [0.25, 0.3) is 0 Å². The zero-order valence-electron chi connectivity index (χ0n) is 11.6. The van der Waals surface area contributed by atoms with Gasteiger partial charge in [-0.3, -0.25) is 0 Å². The lowest BCUT2D eigenvalue weighted by Gasteiger charge is -2.40. The molecule has 3 rings (SSSR count). The lowest BCUT2D eigenvalue weighted by atomic mass is 9.77. The standard InChI is InChI=1S/C15H28N2O/c16-14(13-3-10-18-12-13)11-17-8-6-15(7-9-17)4-1-2-5-15/h13-14H,1-12,16H2. The van der Waals surface area contributed by atoms with Gasteiger partial charge in [0.1, 0.15) is 0 Å². The van der Waals surface area contributed by atoms with Crippen LogP contribution in [0.5, 0.6) is 0 Å². The normalized spacial score (nSPS) is 34.2. The van der Waals surface area contributed by atoms with Gasteiger partial charge in [-0.1, -0.05) is 12.8 Å². The van der Waals surface area contributed by atoms with Crippen LogP contribution in [-0.2, 0) is 4.74 Å². The van der Waals surface area contributed by atoms with Gasteiger partial charge in [0.05, 0.1) is 6.61 Å². The van der Waals surface area contributed by atoms with Gasteiger partial charge in [-0.15, -0.1) is 0 Å². The van der Waals surface area contributed by atoms with E-state index in [-0.39, 0.29) is 0 Å². The number of piperidine rings is 1. The molecular weight excluding hydrogens is 224 g/mol. The van der Waals surface area contributed by atoms with Crippen molar-refractivity contribution in [3.05, 3.63) is 0 Å². The predicted octanol–water partition coefficient (Wildman–Crippen LogP) is 2.01. The third-order valence-corrected chi connectivity index (χ3v) is 5.62. The van der Waals surface area contributed by atoms with Gasteiger partial charge in [-0.2, -0.15) is 0 Å². The summed E-state index contributed by atoms with van der Waals surface area (Å²) in [6.45, 7) is 5.45. The molecule has 3 heteroatoms. The van der Waals surface area contributed by atoms with Gasteiger partial charge in [0.2, 0.25) is 0 Å². The fraction of sp³-hybridized carbons (Fsp3) is 1.00. The molecule has 2 heterocycles. The highest BCUT2D eigenvalue weighted by atomic mass is 16.5. The van der Waals surface area contributed by atoms with Crippen LogP contribution in [0, 0.1) is 11.3 Å². The van der Waals surface area contributed by atoms with Crippen LogP contribution < -0.4 is 5.73 Å². The minimum atomic E-state index is 0.324. The molecule has 1 saturated carbocycles. The maximum absolute atomic E-state index is 6.33. The first-order valence-electron chi connectivity index (χ1n) is 7.83. The summed E-state index contributed by atoms with van der Waals surface area (Å²) in [6.07, 6.45) is 9.92. The second kappa shape index (κ2) is 5.48. The number of hydrogen-bond donors (Lipinski definition) is 1. The highest BCUT2D eigenvalue weighted by Crippen LogP contribution is 2.46. The summed E-state index contributed by atoms with van der Waals surface area (Å²) in [6, 6.07) is 0.324. The average Bonchev–Trinajstić information content (AvgIpc) is 3.04. The molecule has 0 aromatic heterocycles. The topological polar surface area (TPSA) is 38.5 Å². The van der Waals surface area contributed by atoms with E-state index in [4.69, 9.17) is 10.5 Å². The summed E-state index contributed by atoms with van der Waals surface area (Å²) in [5.74, 6) is 0.604. The van der Waals surface area contributed by atoms with Gasteiger partial charge in [0, 0.05) is 25.1 Å². The van der Waals surface area contributed by atoms with Crippen molar-refractivity contribution in [3.63, 3.8) is 0 Å². The van der Waals surface area contributed by atoms with Crippen LogP contribution in [0.2, 0.25) is 0 Å². The highest BCUT2D eigenvalue weighted by Gasteiger charge is 2.37. The average molecular weight is 252 g/mol. The third-order valence-electron chi connectivity index (χ3n) is 5.62. The first-order valence-corrected chi connectivity index (χ1v) is 7.83. The van der Waals surface area contributed by atoms with Crippen LogP contribution >= 0.6 is 0 Å². The van der Waals surface area contributed by atoms with Crippen molar-refractivity contribution in [2.24, 2.45) is 17.1 Å². The number of ether oxygens (including phenoxy) is 1. The maximum Gasteiger partial charge on any atom is 0.0510 e. The van der Waals surface area contributed by atoms with E-state index in [1.165, 1.54) is 58.0 Å². The Labute approximate surface area is 111 Å². The Morgan fingerprint density at radius 2 is 1.89 bits per heavy atom. The summed E-state index contributed by atoms with van der Waals surface area (Å²) in [5, 5.41) is 0. The highest BCUT2D eigenvalue weighted by molar-refractivity contribution is 4.91. The van der Waals surface area contributed by atoms with E-state index in [0.717, 1.165) is 25.2 Å².